The maximum absolute atomic E-state index is 5.64. The minimum Gasteiger partial charge on any atom is -0.120 e. The van der Waals surface area contributed by atoms with E-state index in [0.717, 1.165) is 12.1 Å². The van der Waals surface area contributed by atoms with E-state index in [1.165, 1.54) is 10.4 Å². The average Bonchev–Trinajstić information content (AvgIpc) is 2.49. The third-order valence-electron chi connectivity index (χ3n) is 3.46. The topological polar surface area (TPSA) is 0 Å². The van der Waals surface area contributed by atoms with E-state index < -0.39 is 8.07 Å². The van der Waals surface area contributed by atoms with E-state index in [4.69, 9.17) is 12.8 Å². The highest BCUT2D eigenvalue weighted by Gasteiger charge is 2.35. The fourth-order valence-corrected chi connectivity index (χ4v) is 6.13. The van der Waals surface area contributed by atoms with Crippen molar-refractivity contribution in [2.45, 2.75) is 12.1 Å². The second-order valence-corrected chi connectivity index (χ2v) is 8.60. The number of hydrogen-bond donors (Lipinski definition) is 0. The lowest BCUT2D eigenvalue weighted by atomic mass is 10.4. The molecule has 0 aliphatic carbocycles. The Hall–Kier alpha value is -2.22. The van der Waals surface area contributed by atoms with Gasteiger partial charge in [-0.05, 0) is 0 Å². The van der Waals surface area contributed by atoms with Gasteiger partial charge < -0.3 is 0 Å². The van der Waals surface area contributed by atoms with Crippen molar-refractivity contribution in [2.75, 3.05) is 0 Å². The first-order valence-electron chi connectivity index (χ1n) is 6.31. The normalized spacial score (nSPS) is 10.4. The van der Waals surface area contributed by atoms with E-state index in [1.54, 1.807) is 0 Å². The van der Waals surface area contributed by atoms with Gasteiger partial charge in [-0.2, -0.15) is 0 Å². The zero-order chi connectivity index (χ0) is 13.6. The molecule has 0 aliphatic rings. The van der Waals surface area contributed by atoms with Crippen molar-refractivity contribution in [2.24, 2.45) is 0 Å². The Morgan fingerprint density at radius 1 is 0.684 bits per heavy atom. The Balaban J connectivity index is 2.62. The Morgan fingerprint density at radius 2 is 1.05 bits per heavy atom. The molecule has 0 fully saturated rings. The fourth-order valence-electron chi connectivity index (χ4n) is 2.50. The van der Waals surface area contributed by atoms with Crippen molar-refractivity contribution in [1.82, 2.24) is 0 Å². The van der Waals surface area contributed by atoms with E-state index >= 15 is 0 Å². The van der Waals surface area contributed by atoms with Crippen LogP contribution in [0, 0.1) is 24.7 Å². The monoisotopic (exact) mass is 260 g/mol. The summed E-state index contributed by atoms with van der Waals surface area (Å²) >= 11 is 0. The Kier molecular flexibility index (Phi) is 4.24. The molecule has 2 rings (SSSR count). The first-order chi connectivity index (χ1) is 9.33. The van der Waals surface area contributed by atoms with Crippen molar-refractivity contribution in [1.29, 1.82) is 0 Å². The smallest absolute Gasteiger partial charge is 0.120 e. The molecule has 0 atom stereocenters. The molecule has 1 heteroatoms. The molecule has 0 aromatic heterocycles. The third-order valence-corrected chi connectivity index (χ3v) is 7.95. The van der Waals surface area contributed by atoms with E-state index in [0.29, 0.717) is 0 Å². The maximum Gasteiger partial charge on any atom is 0.141 e. The quantitative estimate of drug-likeness (QED) is 0.585. The largest absolute Gasteiger partial charge is 0.141 e. The van der Waals surface area contributed by atoms with Crippen LogP contribution in [0.15, 0.2) is 60.7 Å². The van der Waals surface area contributed by atoms with E-state index in [9.17, 15) is 0 Å². The zero-order valence-corrected chi connectivity index (χ0v) is 11.8. The van der Waals surface area contributed by atoms with Crippen molar-refractivity contribution >= 4 is 18.4 Å². The number of hydrogen-bond acceptors (Lipinski definition) is 0. The second kappa shape index (κ2) is 6.09. The van der Waals surface area contributed by atoms with E-state index in [-0.39, 0.29) is 0 Å². The van der Waals surface area contributed by atoms with Crippen LogP contribution in [0.2, 0.25) is 12.1 Å². The van der Waals surface area contributed by atoms with Crippen LogP contribution in [0.3, 0.4) is 0 Å². The molecule has 2 aromatic rings. The van der Waals surface area contributed by atoms with Crippen LogP contribution in [0.1, 0.15) is 0 Å². The van der Waals surface area contributed by atoms with Crippen LogP contribution < -0.4 is 10.4 Å². The second-order valence-electron chi connectivity index (χ2n) is 4.58. The summed E-state index contributed by atoms with van der Waals surface area (Å²) in [6.45, 7) is 0. The van der Waals surface area contributed by atoms with Gasteiger partial charge in [0.2, 0.25) is 0 Å². The molecular formula is C18H16Si. The zero-order valence-electron chi connectivity index (χ0n) is 10.8. The molecule has 0 bridgehead atoms. The molecule has 0 spiro atoms. The molecule has 92 valence electrons. The molecule has 0 nitrogen and oxygen atoms in total. The van der Waals surface area contributed by atoms with Crippen molar-refractivity contribution in [3.05, 3.63) is 60.7 Å². The molecule has 0 aliphatic heterocycles. The van der Waals surface area contributed by atoms with Gasteiger partial charge in [0.15, 0.2) is 0 Å². The number of terminal acetylenes is 2. The van der Waals surface area contributed by atoms with Gasteiger partial charge in [-0.15, -0.1) is 24.7 Å². The molecule has 0 heterocycles. The van der Waals surface area contributed by atoms with Gasteiger partial charge in [0.1, 0.15) is 8.07 Å². The first-order valence-corrected chi connectivity index (χ1v) is 8.73. The Morgan fingerprint density at radius 3 is 1.37 bits per heavy atom. The highest BCUT2D eigenvalue weighted by Crippen LogP contribution is 2.15. The first kappa shape index (κ1) is 13.2. The van der Waals surface area contributed by atoms with Crippen LogP contribution in [0.4, 0.5) is 0 Å². The molecule has 0 saturated heterocycles. The summed E-state index contributed by atoms with van der Waals surface area (Å²) in [4.78, 5) is 0. The molecule has 19 heavy (non-hydrogen) atoms. The summed E-state index contributed by atoms with van der Waals surface area (Å²) in [7, 11) is -2.02. The van der Waals surface area contributed by atoms with E-state index in [1.807, 2.05) is 12.1 Å². The van der Waals surface area contributed by atoms with Gasteiger partial charge in [-0.25, -0.2) is 0 Å². The van der Waals surface area contributed by atoms with Crippen LogP contribution in [-0.2, 0) is 0 Å². The van der Waals surface area contributed by atoms with Crippen molar-refractivity contribution in [3.63, 3.8) is 0 Å². The molecule has 0 saturated carbocycles. The van der Waals surface area contributed by atoms with Crippen LogP contribution in [-0.4, -0.2) is 8.07 Å². The summed E-state index contributed by atoms with van der Waals surface area (Å²) in [6, 6.07) is 22.4. The highest BCUT2D eigenvalue weighted by molar-refractivity contribution is 7.03. The van der Waals surface area contributed by atoms with Crippen LogP contribution in [0.25, 0.3) is 0 Å². The molecule has 0 radical (unpaired) electrons. The summed E-state index contributed by atoms with van der Waals surface area (Å²) in [5.41, 5.74) is 0. The highest BCUT2D eigenvalue weighted by atomic mass is 28.3. The summed E-state index contributed by atoms with van der Waals surface area (Å²) < 4.78 is 0. The van der Waals surface area contributed by atoms with Crippen molar-refractivity contribution in [3.8, 4) is 24.7 Å². The Labute approximate surface area is 116 Å². The van der Waals surface area contributed by atoms with Gasteiger partial charge >= 0.3 is 0 Å². The molecule has 0 N–H and O–H groups in total. The van der Waals surface area contributed by atoms with Crippen molar-refractivity contribution < 1.29 is 0 Å². The maximum atomic E-state index is 5.64. The van der Waals surface area contributed by atoms with Gasteiger partial charge in [0, 0.05) is 12.1 Å². The molecule has 0 unspecified atom stereocenters. The minimum absolute atomic E-state index is 0.741. The van der Waals surface area contributed by atoms with Gasteiger partial charge in [-0.3, -0.25) is 0 Å². The summed E-state index contributed by atoms with van der Waals surface area (Å²) in [5, 5.41) is 2.63. The lowest BCUT2D eigenvalue weighted by Crippen LogP contribution is -2.57. The number of benzene rings is 2. The third kappa shape index (κ3) is 2.62. The SMILES string of the molecule is C#CC[Si](CC#C)(c1ccccc1)c1ccccc1. The lowest BCUT2D eigenvalue weighted by Gasteiger charge is -2.29. The fraction of sp³-hybridized carbons (Fsp3) is 0.111. The van der Waals surface area contributed by atoms with E-state index in [2.05, 4.69) is 60.4 Å². The molecule has 2 aromatic carbocycles. The van der Waals surface area contributed by atoms with Gasteiger partial charge in [0.05, 0.1) is 0 Å². The van der Waals surface area contributed by atoms with Crippen LogP contribution in [0.5, 0.6) is 0 Å². The predicted octanol–water partition coefficient (Wildman–Crippen LogP) is 2.52. The standard InChI is InChI=1S/C18H16Si/c1-3-15-19(16-4-2,17-11-7-5-8-12-17)18-13-9-6-10-14-18/h1-2,5-14H,15-16H2. The summed E-state index contributed by atoms with van der Waals surface area (Å²) in [6.07, 6.45) is 11.3. The predicted molar refractivity (Wildman–Crippen MR) is 85.2 cm³/mol. The molecule has 0 amide bonds. The van der Waals surface area contributed by atoms with Gasteiger partial charge in [0.25, 0.3) is 0 Å². The molecular weight excluding hydrogens is 244 g/mol. The Bertz CT molecular complexity index is 542. The van der Waals surface area contributed by atoms with Gasteiger partial charge in [-0.1, -0.05) is 71.0 Å². The lowest BCUT2D eigenvalue weighted by molar-refractivity contribution is 1.53. The minimum atomic E-state index is -2.02. The average molecular weight is 260 g/mol. The van der Waals surface area contributed by atoms with Crippen LogP contribution >= 0.6 is 0 Å². The number of rotatable bonds is 4. The summed E-state index contributed by atoms with van der Waals surface area (Å²) in [5.74, 6) is 5.71.